The smallest absolute Gasteiger partial charge is 0.306 e. The third-order valence-corrected chi connectivity index (χ3v) is 5.01. The summed E-state index contributed by atoms with van der Waals surface area (Å²) in [5.74, 6) is -0.141. The second-order valence-electron chi connectivity index (χ2n) is 5.32. The quantitative estimate of drug-likeness (QED) is 0.691. The van der Waals surface area contributed by atoms with E-state index in [0.29, 0.717) is 24.2 Å². The van der Waals surface area contributed by atoms with Crippen LogP contribution in [-0.4, -0.2) is 26.2 Å². The normalized spacial score (nSPS) is 12.9. The van der Waals surface area contributed by atoms with Crippen molar-refractivity contribution >= 4 is 15.8 Å². The highest BCUT2D eigenvalue weighted by Gasteiger charge is 2.15. The number of benzene rings is 1. The molecule has 0 heterocycles. The van der Waals surface area contributed by atoms with E-state index in [9.17, 15) is 13.2 Å². The van der Waals surface area contributed by atoms with Crippen LogP contribution in [0.2, 0.25) is 0 Å². The van der Waals surface area contributed by atoms with Crippen molar-refractivity contribution in [3.63, 3.8) is 0 Å². The fourth-order valence-corrected chi connectivity index (χ4v) is 3.30. The molecule has 0 fully saturated rings. The van der Waals surface area contributed by atoms with Crippen LogP contribution in [0.15, 0.2) is 29.2 Å². The van der Waals surface area contributed by atoms with Gasteiger partial charge in [0.2, 0.25) is 0 Å². The minimum Gasteiger partial charge on any atom is -0.463 e. The van der Waals surface area contributed by atoms with Crippen molar-refractivity contribution in [2.24, 2.45) is 0 Å². The van der Waals surface area contributed by atoms with E-state index in [0.717, 1.165) is 12.0 Å². The van der Waals surface area contributed by atoms with Crippen LogP contribution in [0.4, 0.5) is 0 Å². The second kappa shape index (κ2) is 8.17. The first-order valence-electron chi connectivity index (χ1n) is 7.34. The van der Waals surface area contributed by atoms with E-state index >= 15 is 0 Å². The van der Waals surface area contributed by atoms with Gasteiger partial charge in [-0.05, 0) is 45.2 Å². The molecule has 1 aromatic carbocycles. The lowest BCUT2D eigenvalue weighted by molar-refractivity contribution is -0.148. The summed E-state index contributed by atoms with van der Waals surface area (Å²) < 4.78 is 29.5. The molecule has 0 radical (unpaired) electrons. The summed E-state index contributed by atoms with van der Waals surface area (Å²) in [7, 11) is -3.25. The Kier molecular flexibility index (Phi) is 6.89. The lowest BCUT2D eigenvalue weighted by atomic mass is 10.2. The number of hydrogen-bond acceptors (Lipinski definition) is 4. The van der Waals surface area contributed by atoms with Gasteiger partial charge in [-0.25, -0.2) is 8.42 Å². The number of carbonyl (C=O) groups excluding carboxylic acids is 1. The van der Waals surface area contributed by atoms with Gasteiger partial charge in [-0.2, -0.15) is 0 Å². The van der Waals surface area contributed by atoms with Crippen LogP contribution in [0, 0.1) is 6.92 Å². The van der Waals surface area contributed by atoms with Crippen LogP contribution in [0.1, 0.15) is 45.1 Å². The van der Waals surface area contributed by atoms with E-state index in [1.165, 1.54) is 0 Å². The van der Waals surface area contributed by atoms with Crippen LogP contribution in [0.3, 0.4) is 0 Å². The molecular formula is C16H24O4S. The third-order valence-electron chi connectivity index (χ3n) is 3.19. The molecule has 0 unspecified atom stereocenters. The average Bonchev–Trinajstić information content (AvgIpc) is 2.39. The zero-order chi connectivity index (χ0) is 15.9. The second-order valence-corrected chi connectivity index (χ2v) is 7.43. The van der Waals surface area contributed by atoms with Gasteiger partial charge in [-0.3, -0.25) is 4.79 Å². The van der Waals surface area contributed by atoms with Crippen LogP contribution in [-0.2, 0) is 19.4 Å². The van der Waals surface area contributed by atoms with E-state index in [-0.39, 0.29) is 17.8 Å². The molecular weight excluding hydrogens is 288 g/mol. The van der Waals surface area contributed by atoms with Crippen LogP contribution in [0.5, 0.6) is 0 Å². The molecule has 1 atom stereocenters. The van der Waals surface area contributed by atoms with E-state index in [2.05, 4.69) is 0 Å². The predicted molar refractivity (Wildman–Crippen MR) is 82.9 cm³/mol. The van der Waals surface area contributed by atoms with Crippen molar-refractivity contribution in [2.75, 3.05) is 5.75 Å². The van der Waals surface area contributed by atoms with Gasteiger partial charge in [0.1, 0.15) is 0 Å². The van der Waals surface area contributed by atoms with Crippen LogP contribution < -0.4 is 0 Å². The Hall–Kier alpha value is -1.36. The molecule has 0 aliphatic heterocycles. The highest BCUT2D eigenvalue weighted by atomic mass is 32.2. The molecule has 0 aliphatic carbocycles. The zero-order valence-electron chi connectivity index (χ0n) is 13.0. The number of carbonyl (C=O) groups is 1. The molecule has 1 aromatic rings. The summed E-state index contributed by atoms with van der Waals surface area (Å²) in [6, 6.07) is 6.86. The van der Waals surface area contributed by atoms with Crippen molar-refractivity contribution in [1.29, 1.82) is 0 Å². The summed E-state index contributed by atoms with van der Waals surface area (Å²) in [6.07, 6.45) is 1.97. The molecule has 118 valence electrons. The summed E-state index contributed by atoms with van der Waals surface area (Å²) in [4.78, 5) is 11.7. The maximum atomic E-state index is 12.1. The number of esters is 1. The number of aryl methyl sites for hydroxylation is 1. The first-order valence-corrected chi connectivity index (χ1v) is 8.99. The van der Waals surface area contributed by atoms with Gasteiger partial charge >= 0.3 is 5.97 Å². The maximum Gasteiger partial charge on any atom is 0.306 e. The Morgan fingerprint density at radius 2 is 1.86 bits per heavy atom. The predicted octanol–water partition coefficient (Wildman–Crippen LogP) is 3.28. The Bertz CT molecular complexity index is 546. The first-order chi connectivity index (χ1) is 9.85. The van der Waals surface area contributed by atoms with Gasteiger partial charge in [-0.15, -0.1) is 0 Å². The van der Waals surface area contributed by atoms with Crippen molar-refractivity contribution in [3.8, 4) is 0 Å². The number of ether oxygens (including phenoxy) is 1. The summed E-state index contributed by atoms with van der Waals surface area (Å²) in [5, 5.41) is 0. The van der Waals surface area contributed by atoms with Gasteiger partial charge in [0, 0.05) is 6.42 Å². The molecule has 0 N–H and O–H groups in total. The van der Waals surface area contributed by atoms with Gasteiger partial charge in [0.15, 0.2) is 9.84 Å². The molecule has 0 bridgehead atoms. The summed E-state index contributed by atoms with van der Waals surface area (Å²) in [5.41, 5.74) is 1.03. The fourth-order valence-electron chi connectivity index (χ4n) is 1.97. The summed E-state index contributed by atoms with van der Waals surface area (Å²) >= 11 is 0. The highest BCUT2D eigenvalue weighted by Crippen LogP contribution is 2.15. The Morgan fingerprint density at radius 1 is 1.24 bits per heavy atom. The minimum atomic E-state index is -3.25. The Balaban J connectivity index is 2.44. The number of sulfone groups is 1. The SMILES string of the molecule is CCCC(=O)O[C@@H](C)CCCS(=O)(=O)c1ccc(C)cc1. The van der Waals surface area contributed by atoms with Crippen molar-refractivity contribution in [3.05, 3.63) is 29.8 Å². The topological polar surface area (TPSA) is 60.4 Å². The third kappa shape index (κ3) is 6.29. The van der Waals surface area contributed by atoms with Gasteiger partial charge in [0.05, 0.1) is 16.8 Å². The molecule has 0 amide bonds. The van der Waals surface area contributed by atoms with Crippen LogP contribution >= 0.6 is 0 Å². The molecule has 0 saturated heterocycles. The van der Waals surface area contributed by atoms with Crippen molar-refractivity contribution in [1.82, 2.24) is 0 Å². The standard InChI is InChI=1S/C16H24O4S/c1-4-6-16(17)20-14(3)7-5-12-21(18,19)15-10-8-13(2)9-11-15/h8-11,14H,4-7,12H2,1-3H3/t14-/m0/s1. The number of hydrogen-bond donors (Lipinski definition) is 0. The molecule has 0 aromatic heterocycles. The van der Waals surface area contributed by atoms with E-state index in [4.69, 9.17) is 4.74 Å². The summed E-state index contributed by atoms with van der Waals surface area (Å²) in [6.45, 7) is 5.63. The van der Waals surface area contributed by atoms with Gasteiger partial charge in [-0.1, -0.05) is 24.6 Å². The molecule has 0 aliphatic rings. The molecule has 5 heteroatoms. The van der Waals surface area contributed by atoms with E-state index < -0.39 is 9.84 Å². The number of rotatable bonds is 8. The van der Waals surface area contributed by atoms with E-state index in [1.807, 2.05) is 13.8 Å². The average molecular weight is 312 g/mol. The molecule has 0 saturated carbocycles. The Morgan fingerprint density at radius 3 is 2.43 bits per heavy atom. The largest absolute Gasteiger partial charge is 0.463 e. The lowest BCUT2D eigenvalue weighted by Crippen LogP contribution is -2.16. The van der Waals surface area contributed by atoms with Gasteiger partial charge in [0.25, 0.3) is 0 Å². The molecule has 0 spiro atoms. The monoisotopic (exact) mass is 312 g/mol. The first kappa shape index (κ1) is 17.7. The maximum absolute atomic E-state index is 12.1. The molecule has 4 nitrogen and oxygen atoms in total. The minimum absolute atomic E-state index is 0.0751. The fraction of sp³-hybridized carbons (Fsp3) is 0.562. The zero-order valence-corrected chi connectivity index (χ0v) is 13.8. The van der Waals surface area contributed by atoms with Crippen molar-refractivity contribution in [2.45, 2.75) is 57.5 Å². The Labute approximate surface area is 127 Å². The van der Waals surface area contributed by atoms with Crippen molar-refractivity contribution < 1.29 is 17.9 Å². The van der Waals surface area contributed by atoms with Crippen LogP contribution in [0.25, 0.3) is 0 Å². The lowest BCUT2D eigenvalue weighted by Gasteiger charge is -2.13. The van der Waals surface area contributed by atoms with E-state index in [1.54, 1.807) is 31.2 Å². The van der Waals surface area contributed by atoms with Gasteiger partial charge < -0.3 is 4.74 Å². The molecule has 1 rings (SSSR count). The molecule has 21 heavy (non-hydrogen) atoms. The highest BCUT2D eigenvalue weighted by molar-refractivity contribution is 7.91.